The monoisotopic (exact) mass is 255 g/mol. The van der Waals surface area contributed by atoms with Crippen LogP contribution < -0.4 is 0 Å². The van der Waals surface area contributed by atoms with Gasteiger partial charge in [-0.15, -0.1) is 11.3 Å². The Morgan fingerprint density at radius 1 is 1.59 bits per heavy atom. The van der Waals surface area contributed by atoms with Crippen LogP contribution in [0.15, 0.2) is 0 Å². The molecular weight excluding hydrogens is 238 g/mol. The molecule has 1 unspecified atom stereocenters. The molecule has 0 fully saturated rings. The molecule has 0 aromatic carbocycles. The molecule has 0 radical (unpaired) electrons. The molecule has 17 heavy (non-hydrogen) atoms. The second-order valence-corrected chi connectivity index (χ2v) is 5.17. The number of thiazole rings is 1. The van der Waals surface area contributed by atoms with Crippen molar-refractivity contribution in [3.63, 3.8) is 0 Å². The lowest BCUT2D eigenvalue weighted by atomic mass is 10.1. The van der Waals surface area contributed by atoms with E-state index in [1.165, 1.54) is 4.88 Å². The summed E-state index contributed by atoms with van der Waals surface area (Å²) < 4.78 is 10.1. The summed E-state index contributed by atoms with van der Waals surface area (Å²) in [6.07, 6.45) is 2.62. The Labute approximate surface area is 105 Å². The number of aryl methyl sites for hydroxylation is 1. The highest BCUT2D eigenvalue weighted by Crippen LogP contribution is 2.37. The minimum atomic E-state index is -0.141. The van der Waals surface area contributed by atoms with E-state index in [9.17, 15) is 4.79 Å². The maximum atomic E-state index is 11.7. The Balaban J connectivity index is 2.08. The predicted molar refractivity (Wildman–Crippen MR) is 65.4 cm³/mol. The Morgan fingerprint density at radius 2 is 2.41 bits per heavy atom. The van der Waals surface area contributed by atoms with E-state index in [0.29, 0.717) is 13.2 Å². The van der Waals surface area contributed by atoms with Crippen LogP contribution in [-0.2, 0) is 27.1 Å². The Bertz CT molecular complexity index is 402. The summed E-state index contributed by atoms with van der Waals surface area (Å²) in [6, 6.07) is 0. The average molecular weight is 255 g/mol. The molecule has 5 heteroatoms. The number of rotatable bonds is 5. The summed E-state index contributed by atoms with van der Waals surface area (Å²) in [5, 5.41) is 1.06. The fourth-order valence-corrected chi connectivity index (χ4v) is 3.17. The number of methoxy groups -OCH3 is 1. The number of carbonyl (C=O) groups is 1. The fourth-order valence-electron chi connectivity index (χ4n) is 2.05. The van der Waals surface area contributed by atoms with Crippen molar-refractivity contribution in [2.24, 2.45) is 0 Å². The molecule has 0 saturated heterocycles. The SMILES string of the molecule is CCOC(=O)C1CCc2sc(CCOC)nc21. The second kappa shape index (κ2) is 5.60. The number of ether oxygens (including phenoxy) is 2. The van der Waals surface area contributed by atoms with Crippen LogP contribution in [0.1, 0.15) is 34.8 Å². The molecule has 4 nitrogen and oxygen atoms in total. The molecule has 1 aliphatic rings. The van der Waals surface area contributed by atoms with E-state index in [-0.39, 0.29) is 11.9 Å². The van der Waals surface area contributed by atoms with Crippen molar-refractivity contribution in [1.82, 2.24) is 4.98 Å². The van der Waals surface area contributed by atoms with Crippen molar-refractivity contribution in [2.45, 2.75) is 32.1 Å². The van der Waals surface area contributed by atoms with Crippen LogP contribution in [0, 0.1) is 0 Å². The molecule has 1 aromatic rings. The smallest absolute Gasteiger partial charge is 0.315 e. The normalized spacial score (nSPS) is 18.1. The molecule has 0 amide bonds. The third kappa shape index (κ3) is 2.66. The van der Waals surface area contributed by atoms with Crippen LogP contribution in [0.2, 0.25) is 0 Å². The van der Waals surface area contributed by atoms with Crippen molar-refractivity contribution in [3.05, 3.63) is 15.6 Å². The van der Waals surface area contributed by atoms with Crippen LogP contribution >= 0.6 is 11.3 Å². The number of carbonyl (C=O) groups excluding carboxylic acids is 1. The van der Waals surface area contributed by atoms with E-state index in [2.05, 4.69) is 4.98 Å². The first-order valence-corrected chi connectivity index (χ1v) is 6.72. The predicted octanol–water partition coefficient (Wildman–Crippen LogP) is 1.92. The van der Waals surface area contributed by atoms with Crippen LogP contribution in [0.25, 0.3) is 0 Å². The number of esters is 1. The van der Waals surface area contributed by atoms with Gasteiger partial charge < -0.3 is 9.47 Å². The topological polar surface area (TPSA) is 48.4 Å². The van der Waals surface area contributed by atoms with Gasteiger partial charge in [0.25, 0.3) is 0 Å². The van der Waals surface area contributed by atoms with Gasteiger partial charge in [0, 0.05) is 18.4 Å². The molecule has 0 spiro atoms. The lowest BCUT2D eigenvalue weighted by Gasteiger charge is -2.07. The van der Waals surface area contributed by atoms with Crippen LogP contribution in [0.4, 0.5) is 0 Å². The Kier molecular flexibility index (Phi) is 4.12. The Morgan fingerprint density at radius 3 is 3.12 bits per heavy atom. The number of nitrogens with zero attached hydrogens (tertiary/aromatic N) is 1. The second-order valence-electron chi connectivity index (χ2n) is 4.00. The number of fused-ring (bicyclic) bond motifs is 1. The molecule has 2 rings (SSSR count). The summed E-state index contributed by atoms with van der Waals surface area (Å²) in [5.74, 6) is -0.271. The van der Waals surface area contributed by atoms with Gasteiger partial charge in [-0.1, -0.05) is 0 Å². The van der Waals surface area contributed by atoms with Crippen molar-refractivity contribution < 1.29 is 14.3 Å². The number of aromatic nitrogens is 1. The van der Waals surface area contributed by atoms with E-state index in [1.807, 2.05) is 6.92 Å². The van der Waals surface area contributed by atoms with Crippen molar-refractivity contribution in [3.8, 4) is 0 Å². The molecule has 1 aromatic heterocycles. The zero-order valence-electron chi connectivity index (χ0n) is 10.2. The zero-order valence-corrected chi connectivity index (χ0v) is 11.0. The first-order chi connectivity index (χ1) is 8.26. The van der Waals surface area contributed by atoms with Crippen molar-refractivity contribution in [2.75, 3.05) is 20.3 Å². The first-order valence-electron chi connectivity index (χ1n) is 5.90. The molecule has 1 heterocycles. The lowest BCUT2D eigenvalue weighted by Crippen LogP contribution is -2.14. The molecule has 0 bridgehead atoms. The maximum Gasteiger partial charge on any atom is 0.315 e. The van der Waals surface area contributed by atoms with Gasteiger partial charge in [-0.2, -0.15) is 0 Å². The highest BCUT2D eigenvalue weighted by Gasteiger charge is 2.33. The highest BCUT2D eigenvalue weighted by atomic mass is 32.1. The largest absolute Gasteiger partial charge is 0.465 e. The van der Waals surface area contributed by atoms with Gasteiger partial charge >= 0.3 is 5.97 Å². The summed E-state index contributed by atoms with van der Waals surface area (Å²) in [7, 11) is 1.68. The van der Waals surface area contributed by atoms with Gasteiger partial charge in [-0.05, 0) is 19.8 Å². The maximum absolute atomic E-state index is 11.7. The first kappa shape index (κ1) is 12.5. The molecule has 0 aliphatic heterocycles. The number of hydrogen-bond acceptors (Lipinski definition) is 5. The minimum absolute atomic E-state index is 0.130. The summed E-state index contributed by atoms with van der Waals surface area (Å²) in [6.45, 7) is 2.95. The summed E-state index contributed by atoms with van der Waals surface area (Å²) in [4.78, 5) is 17.5. The van der Waals surface area contributed by atoms with Crippen LogP contribution in [-0.4, -0.2) is 31.3 Å². The van der Waals surface area contributed by atoms with Gasteiger partial charge in [0.2, 0.25) is 0 Å². The number of hydrogen-bond donors (Lipinski definition) is 0. The van der Waals surface area contributed by atoms with E-state index >= 15 is 0 Å². The van der Waals surface area contributed by atoms with Crippen molar-refractivity contribution in [1.29, 1.82) is 0 Å². The fraction of sp³-hybridized carbons (Fsp3) is 0.667. The van der Waals surface area contributed by atoms with Gasteiger partial charge in [-0.25, -0.2) is 4.98 Å². The molecule has 94 valence electrons. The molecule has 1 aliphatic carbocycles. The highest BCUT2D eigenvalue weighted by molar-refractivity contribution is 7.11. The minimum Gasteiger partial charge on any atom is -0.465 e. The van der Waals surface area contributed by atoms with E-state index < -0.39 is 0 Å². The van der Waals surface area contributed by atoms with Gasteiger partial charge in [0.05, 0.1) is 23.9 Å². The standard InChI is InChI=1S/C12H17NO3S/c1-3-16-12(14)8-4-5-9-11(8)13-10(17-9)6-7-15-2/h8H,3-7H2,1-2H3. The molecule has 0 saturated carbocycles. The van der Waals surface area contributed by atoms with Gasteiger partial charge in [0.15, 0.2) is 0 Å². The van der Waals surface area contributed by atoms with E-state index in [4.69, 9.17) is 9.47 Å². The van der Waals surface area contributed by atoms with Gasteiger partial charge in [-0.3, -0.25) is 4.79 Å². The van der Waals surface area contributed by atoms with E-state index in [0.717, 1.165) is 30.0 Å². The molecule has 1 atom stereocenters. The third-order valence-corrected chi connectivity index (χ3v) is 4.04. The van der Waals surface area contributed by atoms with Crippen LogP contribution in [0.5, 0.6) is 0 Å². The van der Waals surface area contributed by atoms with Crippen molar-refractivity contribution >= 4 is 17.3 Å². The summed E-state index contributed by atoms with van der Waals surface area (Å²) >= 11 is 1.70. The van der Waals surface area contributed by atoms with E-state index in [1.54, 1.807) is 18.4 Å². The van der Waals surface area contributed by atoms with Crippen LogP contribution in [0.3, 0.4) is 0 Å². The third-order valence-electron chi connectivity index (χ3n) is 2.85. The molecular formula is C12H17NO3S. The lowest BCUT2D eigenvalue weighted by molar-refractivity contribution is -0.145. The quantitative estimate of drug-likeness (QED) is 0.754. The summed E-state index contributed by atoms with van der Waals surface area (Å²) in [5.41, 5.74) is 0.944. The zero-order chi connectivity index (χ0) is 12.3. The molecule has 0 N–H and O–H groups in total. The average Bonchev–Trinajstić information content (AvgIpc) is 2.85. The van der Waals surface area contributed by atoms with Gasteiger partial charge in [0.1, 0.15) is 5.92 Å². The Hall–Kier alpha value is -0.940.